The maximum absolute atomic E-state index is 13.1. The molecule has 5 rings (SSSR count). The Morgan fingerprint density at radius 3 is 2.71 bits per heavy atom. The zero-order valence-electron chi connectivity index (χ0n) is 19.7. The lowest BCUT2D eigenvalue weighted by Gasteiger charge is -2.13. The van der Waals surface area contributed by atoms with Crippen LogP contribution in [0.4, 0.5) is 18.9 Å². The van der Waals surface area contributed by atoms with Gasteiger partial charge in [-0.1, -0.05) is 47.6 Å². The van der Waals surface area contributed by atoms with Gasteiger partial charge in [-0.05, 0) is 36.4 Å². The van der Waals surface area contributed by atoms with Crippen molar-refractivity contribution < 1.29 is 22.7 Å². The molecule has 7 nitrogen and oxygen atoms in total. The first kappa shape index (κ1) is 25.7. The van der Waals surface area contributed by atoms with E-state index in [4.69, 9.17) is 16.3 Å². The highest BCUT2D eigenvalue weighted by atomic mass is 35.5. The summed E-state index contributed by atoms with van der Waals surface area (Å²) in [5, 5.41) is 12.5. The molecule has 38 heavy (non-hydrogen) atoms. The summed E-state index contributed by atoms with van der Waals surface area (Å²) in [6.45, 7) is 0. The first-order valence-corrected chi connectivity index (χ1v) is 12.6. The van der Waals surface area contributed by atoms with Crippen molar-refractivity contribution in [2.45, 2.75) is 11.3 Å². The SMILES string of the molecule is COc1cccc(-n2c(SCC(=O)Nc3cc(C(F)(F)F)ccc3Cl)nnc2-c2c[nH]c3ccccc23)c1. The predicted octanol–water partition coefficient (Wildman–Crippen LogP) is 6.83. The van der Waals surface area contributed by atoms with Gasteiger partial charge in [0.25, 0.3) is 0 Å². The number of rotatable bonds is 7. The van der Waals surface area contributed by atoms with E-state index in [1.54, 1.807) is 17.7 Å². The first-order chi connectivity index (χ1) is 18.2. The van der Waals surface area contributed by atoms with Crippen LogP contribution in [0.2, 0.25) is 5.02 Å². The number of carbonyl (C=O) groups is 1. The quantitative estimate of drug-likeness (QED) is 0.214. The summed E-state index contributed by atoms with van der Waals surface area (Å²) >= 11 is 7.10. The van der Waals surface area contributed by atoms with E-state index in [0.29, 0.717) is 22.4 Å². The number of benzene rings is 3. The molecule has 194 valence electrons. The zero-order chi connectivity index (χ0) is 26.9. The number of thioether (sulfide) groups is 1. The molecule has 2 heterocycles. The van der Waals surface area contributed by atoms with E-state index in [-0.39, 0.29) is 16.5 Å². The second kappa shape index (κ2) is 10.4. The number of nitrogens with one attached hydrogen (secondary N) is 2. The fourth-order valence-corrected chi connectivity index (χ4v) is 4.81. The highest BCUT2D eigenvalue weighted by molar-refractivity contribution is 7.99. The number of hydrogen-bond acceptors (Lipinski definition) is 5. The molecular weight excluding hydrogens is 539 g/mol. The van der Waals surface area contributed by atoms with Gasteiger partial charge in [-0.3, -0.25) is 9.36 Å². The third-order valence-electron chi connectivity index (χ3n) is 5.68. The summed E-state index contributed by atoms with van der Waals surface area (Å²) in [5.41, 5.74) is 1.41. The number of alkyl halides is 3. The number of H-pyrrole nitrogens is 1. The summed E-state index contributed by atoms with van der Waals surface area (Å²) in [4.78, 5) is 15.9. The number of para-hydroxylation sites is 1. The molecule has 0 bridgehead atoms. The molecular formula is C26H19ClF3N5O2S. The number of amides is 1. The van der Waals surface area contributed by atoms with Gasteiger partial charge < -0.3 is 15.0 Å². The third-order valence-corrected chi connectivity index (χ3v) is 6.93. The van der Waals surface area contributed by atoms with Crippen LogP contribution in [-0.2, 0) is 11.0 Å². The fourth-order valence-electron chi connectivity index (χ4n) is 3.89. The van der Waals surface area contributed by atoms with Gasteiger partial charge in [-0.25, -0.2) is 0 Å². The Hall–Kier alpha value is -3.96. The number of anilines is 1. The van der Waals surface area contributed by atoms with Crippen molar-refractivity contribution >= 4 is 45.9 Å². The summed E-state index contributed by atoms with van der Waals surface area (Å²) < 4.78 is 46.5. The molecule has 5 aromatic rings. The standard InChI is InChI=1S/C26H19ClF3N5O2S/c1-37-17-6-4-5-16(12-17)35-24(19-13-31-21-8-3-2-7-18(19)21)33-34-25(35)38-14-23(36)32-22-11-15(26(28,29)30)9-10-20(22)27/h2-13,31H,14H2,1H3,(H,32,36). The molecule has 2 N–H and O–H groups in total. The molecule has 12 heteroatoms. The van der Waals surface area contributed by atoms with Gasteiger partial charge in [0.05, 0.1) is 34.8 Å². The van der Waals surface area contributed by atoms with E-state index >= 15 is 0 Å². The van der Waals surface area contributed by atoms with E-state index in [0.717, 1.165) is 46.4 Å². The Kier molecular flexibility index (Phi) is 7.04. The van der Waals surface area contributed by atoms with Crippen molar-refractivity contribution in [1.82, 2.24) is 19.7 Å². The summed E-state index contributed by atoms with van der Waals surface area (Å²) in [6, 6.07) is 17.8. The number of hydrogen-bond donors (Lipinski definition) is 2. The van der Waals surface area contributed by atoms with Gasteiger partial charge in [0.1, 0.15) is 5.75 Å². The number of carbonyl (C=O) groups excluding carboxylic acids is 1. The minimum Gasteiger partial charge on any atom is -0.497 e. The normalized spacial score (nSPS) is 11.6. The highest BCUT2D eigenvalue weighted by Gasteiger charge is 2.31. The van der Waals surface area contributed by atoms with E-state index in [9.17, 15) is 18.0 Å². The number of methoxy groups -OCH3 is 1. The topological polar surface area (TPSA) is 84.8 Å². The highest BCUT2D eigenvalue weighted by Crippen LogP contribution is 2.35. The third kappa shape index (κ3) is 5.20. The van der Waals surface area contributed by atoms with Crippen LogP contribution in [0, 0.1) is 0 Å². The Labute approximate surface area is 224 Å². The number of fused-ring (bicyclic) bond motifs is 1. The second-order valence-electron chi connectivity index (χ2n) is 8.12. The van der Waals surface area contributed by atoms with Crippen molar-refractivity contribution in [2.24, 2.45) is 0 Å². The van der Waals surface area contributed by atoms with Crippen LogP contribution >= 0.6 is 23.4 Å². The van der Waals surface area contributed by atoms with E-state index in [1.807, 2.05) is 48.7 Å². The van der Waals surface area contributed by atoms with Crippen molar-refractivity contribution in [3.8, 4) is 22.8 Å². The van der Waals surface area contributed by atoms with Crippen molar-refractivity contribution in [3.05, 3.63) is 83.5 Å². The van der Waals surface area contributed by atoms with Gasteiger partial charge in [-0.2, -0.15) is 13.2 Å². The van der Waals surface area contributed by atoms with Crippen LogP contribution in [0.25, 0.3) is 28.0 Å². The number of halogens is 4. The fraction of sp³-hybridized carbons (Fsp3) is 0.115. The average molecular weight is 558 g/mol. The number of ether oxygens (including phenoxy) is 1. The molecule has 1 amide bonds. The van der Waals surface area contributed by atoms with Crippen LogP contribution < -0.4 is 10.1 Å². The molecule has 0 spiro atoms. The van der Waals surface area contributed by atoms with Crippen LogP contribution in [0.3, 0.4) is 0 Å². The maximum atomic E-state index is 13.1. The Balaban J connectivity index is 1.46. The molecule has 0 saturated heterocycles. The predicted molar refractivity (Wildman–Crippen MR) is 141 cm³/mol. The monoisotopic (exact) mass is 557 g/mol. The van der Waals surface area contributed by atoms with Crippen LogP contribution in [0.1, 0.15) is 5.56 Å². The van der Waals surface area contributed by atoms with Gasteiger partial charge in [0, 0.05) is 28.7 Å². The number of nitrogens with zero attached hydrogens (tertiary/aromatic N) is 3. The zero-order valence-corrected chi connectivity index (χ0v) is 21.3. The van der Waals surface area contributed by atoms with Crippen LogP contribution in [0.5, 0.6) is 5.75 Å². The van der Waals surface area contributed by atoms with Gasteiger partial charge in [0.15, 0.2) is 11.0 Å². The smallest absolute Gasteiger partial charge is 0.416 e. The largest absolute Gasteiger partial charge is 0.497 e. The van der Waals surface area contributed by atoms with Crippen LogP contribution in [-0.4, -0.2) is 38.5 Å². The van der Waals surface area contributed by atoms with E-state index < -0.39 is 17.6 Å². The first-order valence-electron chi connectivity index (χ1n) is 11.2. The Morgan fingerprint density at radius 2 is 1.92 bits per heavy atom. The Morgan fingerprint density at radius 1 is 1.11 bits per heavy atom. The van der Waals surface area contributed by atoms with Gasteiger partial charge in [0.2, 0.25) is 5.91 Å². The lowest BCUT2D eigenvalue weighted by Crippen LogP contribution is -2.16. The van der Waals surface area contributed by atoms with Crippen molar-refractivity contribution in [2.75, 3.05) is 18.2 Å². The second-order valence-corrected chi connectivity index (χ2v) is 9.47. The van der Waals surface area contributed by atoms with Crippen molar-refractivity contribution in [3.63, 3.8) is 0 Å². The minimum absolute atomic E-state index is 0.00230. The Bertz CT molecular complexity index is 1630. The summed E-state index contributed by atoms with van der Waals surface area (Å²) in [6.07, 6.45) is -2.73. The number of aromatic amines is 1. The molecule has 0 atom stereocenters. The average Bonchev–Trinajstić information content (AvgIpc) is 3.52. The van der Waals surface area contributed by atoms with E-state index in [1.165, 1.54) is 0 Å². The minimum atomic E-state index is -4.56. The molecule has 0 fully saturated rings. The summed E-state index contributed by atoms with van der Waals surface area (Å²) in [5.74, 6) is 0.460. The lowest BCUT2D eigenvalue weighted by atomic mass is 10.1. The molecule has 0 saturated carbocycles. The number of aromatic nitrogens is 4. The molecule has 0 aliphatic heterocycles. The summed E-state index contributed by atoms with van der Waals surface area (Å²) in [7, 11) is 1.56. The molecule has 0 unspecified atom stereocenters. The lowest BCUT2D eigenvalue weighted by molar-refractivity contribution is -0.137. The van der Waals surface area contributed by atoms with Gasteiger partial charge >= 0.3 is 6.18 Å². The molecule has 2 aromatic heterocycles. The van der Waals surface area contributed by atoms with Crippen LogP contribution in [0.15, 0.2) is 78.1 Å². The molecule has 0 aliphatic rings. The molecule has 0 aliphatic carbocycles. The molecule has 0 radical (unpaired) electrons. The van der Waals surface area contributed by atoms with Crippen molar-refractivity contribution in [1.29, 1.82) is 0 Å². The molecule has 3 aromatic carbocycles. The van der Waals surface area contributed by atoms with Gasteiger partial charge in [-0.15, -0.1) is 10.2 Å². The maximum Gasteiger partial charge on any atom is 0.416 e. The van der Waals surface area contributed by atoms with E-state index in [2.05, 4.69) is 20.5 Å².